The molecule has 3 nitrogen and oxygen atoms in total. The smallest absolute Gasteiger partial charge is 0.118 e. The second kappa shape index (κ2) is 4.98. The Hall–Kier alpha value is -1.06. The van der Waals surface area contributed by atoms with Gasteiger partial charge in [-0.15, -0.1) is 0 Å². The Labute approximate surface area is 85.2 Å². The van der Waals surface area contributed by atoms with Gasteiger partial charge in [0.2, 0.25) is 0 Å². The third-order valence-electron chi connectivity index (χ3n) is 2.00. The van der Waals surface area contributed by atoms with E-state index in [1.165, 1.54) is 0 Å². The lowest BCUT2D eigenvalue weighted by Gasteiger charge is -2.15. The average Bonchev–Trinajstić information content (AvgIpc) is 2.50. The monoisotopic (exact) mass is 194 g/mol. The number of rotatable bonds is 5. The third-order valence-corrected chi connectivity index (χ3v) is 2.00. The summed E-state index contributed by atoms with van der Waals surface area (Å²) in [6, 6.07) is 3.97. The van der Waals surface area contributed by atoms with Crippen LogP contribution >= 0.6 is 0 Å². The van der Waals surface area contributed by atoms with E-state index >= 15 is 0 Å². The Morgan fingerprint density at radius 2 is 2.29 bits per heavy atom. The van der Waals surface area contributed by atoms with Crippen LogP contribution < -0.4 is 5.73 Å². The van der Waals surface area contributed by atoms with Crippen LogP contribution in [0.5, 0.6) is 0 Å². The molecule has 1 aromatic heterocycles. The van der Waals surface area contributed by atoms with Crippen LogP contribution in [-0.4, -0.2) is 25.0 Å². The summed E-state index contributed by atoms with van der Waals surface area (Å²) in [6.07, 6.45) is 0. The summed E-state index contributed by atoms with van der Waals surface area (Å²) in [5, 5.41) is 0. The lowest BCUT2D eigenvalue weighted by atomic mass is 10.3. The van der Waals surface area contributed by atoms with Crippen molar-refractivity contribution in [2.45, 2.75) is 13.5 Å². The van der Waals surface area contributed by atoms with Crippen LogP contribution in [-0.2, 0) is 6.54 Å². The van der Waals surface area contributed by atoms with Crippen LogP contribution in [0, 0.1) is 6.92 Å². The molecule has 2 N–H and O–H groups in total. The van der Waals surface area contributed by atoms with Gasteiger partial charge in [0, 0.05) is 13.1 Å². The van der Waals surface area contributed by atoms with Crippen LogP contribution in [0.25, 0.3) is 0 Å². The van der Waals surface area contributed by atoms with Crippen LogP contribution in [0.4, 0.5) is 0 Å². The number of aryl methyl sites for hydroxylation is 1. The van der Waals surface area contributed by atoms with Gasteiger partial charge in [-0.2, -0.15) is 0 Å². The van der Waals surface area contributed by atoms with Crippen molar-refractivity contribution in [1.29, 1.82) is 0 Å². The molecule has 0 amide bonds. The molecular formula is C11H18N2O. The van der Waals surface area contributed by atoms with E-state index < -0.39 is 0 Å². The summed E-state index contributed by atoms with van der Waals surface area (Å²) in [5.41, 5.74) is 6.51. The van der Waals surface area contributed by atoms with Gasteiger partial charge in [-0.05, 0) is 31.7 Å². The van der Waals surface area contributed by atoms with Crippen molar-refractivity contribution in [3.8, 4) is 0 Å². The number of nitrogens with two attached hydrogens (primary N) is 1. The molecule has 0 aromatic carbocycles. The number of furan rings is 1. The minimum atomic E-state index is 0.543. The van der Waals surface area contributed by atoms with E-state index in [0.717, 1.165) is 30.2 Å². The van der Waals surface area contributed by atoms with E-state index in [1.807, 2.05) is 26.1 Å². The molecule has 0 spiro atoms. The fourth-order valence-electron chi connectivity index (χ4n) is 1.34. The minimum absolute atomic E-state index is 0.543. The molecule has 0 bridgehead atoms. The first-order valence-electron chi connectivity index (χ1n) is 4.72. The molecule has 3 heteroatoms. The topological polar surface area (TPSA) is 42.4 Å². The van der Waals surface area contributed by atoms with Crippen molar-refractivity contribution < 1.29 is 4.42 Å². The van der Waals surface area contributed by atoms with Gasteiger partial charge in [0.15, 0.2) is 0 Å². The molecule has 0 aliphatic carbocycles. The first-order valence-corrected chi connectivity index (χ1v) is 4.72. The Bertz CT molecular complexity index is 304. The van der Waals surface area contributed by atoms with Crippen molar-refractivity contribution in [3.63, 3.8) is 0 Å². The molecule has 0 fully saturated rings. The first kappa shape index (κ1) is 11.0. The maximum atomic E-state index is 5.47. The highest BCUT2D eigenvalue weighted by molar-refractivity contribution is 5.06. The Balaban J connectivity index is 2.41. The molecule has 0 saturated heterocycles. The van der Waals surface area contributed by atoms with E-state index in [9.17, 15) is 0 Å². The van der Waals surface area contributed by atoms with Crippen LogP contribution in [0.3, 0.4) is 0 Å². The summed E-state index contributed by atoms with van der Waals surface area (Å²) >= 11 is 0. The van der Waals surface area contributed by atoms with Crippen molar-refractivity contribution >= 4 is 0 Å². The maximum absolute atomic E-state index is 5.47. The van der Waals surface area contributed by atoms with Crippen molar-refractivity contribution in [2.24, 2.45) is 5.73 Å². The molecule has 0 aliphatic heterocycles. The van der Waals surface area contributed by atoms with Crippen LogP contribution in [0.2, 0.25) is 0 Å². The van der Waals surface area contributed by atoms with Crippen LogP contribution in [0.15, 0.2) is 28.7 Å². The fourth-order valence-corrected chi connectivity index (χ4v) is 1.34. The lowest BCUT2D eigenvalue weighted by Crippen LogP contribution is -2.22. The Morgan fingerprint density at radius 1 is 1.57 bits per heavy atom. The summed E-state index contributed by atoms with van der Waals surface area (Å²) in [6.45, 7) is 7.97. The predicted molar refractivity (Wildman–Crippen MR) is 58.0 cm³/mol. The second-order valence-corrected chi connectivity index (χ2v) is 3.64. The third kappa shape index (κ3) is 3.36. The van der Waals surface area contributed by atoms with E-state index in [-0.39, 0.29) is 0 Å². The summed E-state index contributed by atoms with van der Waals surface area (Å²) < 4.78 is 5.47. The number of likely N-dealkylation sites (N-methyl/N-ethyl adjacent to an activating group) is 1. The van der Waals surface area contributed by atoms with Crippen molar-refractivity contribution in [1.82, 2.24) is 4.90 Å². The molecule has 0 atom stereocenters. The molecule has 0 aliphatic rings. The molecule has 1 aromatic rings. The van der Waals surface area contributed by atoms with Gasteiger partial charge in [-0.3, -0.25) is 4.90 Å². The first-order chi connectivity index (χ1) is 6.61. The zero-order valence-corrected chi connectivity index (χ0v) is 8.92. The van der Waals surface area contributed by atoms with E-state index in [4.69, 9.17) is 10.2 Å². The summed E-state index contributed by atoms with van der Waals surface area (Å²) in [5.74, 6) is 1.93. The van der Waals surface area contributed by atoms with E-state index in [2.05, 4.69) is 11.5 Å². The molecule has 0 radical (unpaired) electrons. The minimum Gasteiger partial charge on any atom is -0.465 e. The number of nitrogens with zero attached hydrogens (tertiary/aromatic N) is 1. The Kier molecular flexibility index (Phi) is 3.92. The molecule has 1 rings (SSSR count). The molecule has 14 heavy (non-hydrogen) atoms. The van der Waals surface area contributed by atoms with Gasteiger partial charge in [0.05, 0.1) is 6.54 Å². The van der Waals surface area contributed by atoms with E-state index in [0.29, 0.717) is 6.54 Å². The van der Waals surface area contributed by atoms with E-state index in [1.54, 1.807) is 0 Å². The molecule has 78 valence electrons. The van der Waals surface area contributed by atoms with Gasteiger partial charge in [0.25, 0.3) is 0 Å². The average molecular weight is 194 g/mol. The fraction of sp³-hybridized carbons (Fsp3) is 0.455. The lowest BCUT2D eigenvalue weighted by molar-refractivity contribution is 0.312. The highest BCUT2D eigenvalue weighted by Gasteiger charge is 2.04. The number of hydrogen-bond donors (Lipinski definition) is 1. The quantitative estimate of drug-likeness (QED) is 0.723. The molecular weight excluding hydrogens is 176 g/mol. The largest absolute Gasteiger partial charge is 0.465 e. The molecule has 0 unspecified atom stereocenters. The van der Waals surface area contributed by atoms with Gasteiger partial charge < -0.3 is 10.2 Å². The zero-order chi connectivity index (χ0) is 10.6. The van der Waals surface area contributed by atoms with Gasteiger partial charge in [-0.25, -0.2) is 0 Å². The standard InChI is InChI=1S/C11H18N2O/c1-9(6-12)7-13(3)8-11-5-4-10(2)14-11/h4-5H,1,6-8,12H2,2-3H3. The van der Waals surface area contributed by atoms with Gasteiger partial charge in [0.1, 0.15) is 11.5 Å². The predicted octanol–water partition coefficient (Wildman–Crippen LogP) is 1.53. The normalized spacial score (nSPS) is 10.9. The van der Waals surface area contributed by atoms with Crippen LogP contribution in [0.1, 0.15) is 11.5 Å². The van der Waals surface area contributed by atoms with Crippen molar-refractivity contribution in [3.05, 3.63) is 35.8 Å². The van der Waals surface area contributed by atoms with Crippen molar-refractivity contribution in [2.75, 3.05) is 20.1 Å². The maximum Gasteiger partial charge on any atom is 0.118 e. The summed E-state index contributed by atoms with van der Waals surface area (Å²) in [7, 11) is 2.03. The highest BCUT2D eigenvalue weighted by Crippen LogP contribution is 2.08. The van der Waals surface area contributed by atoms with Gasteiger partial charge in [-0.1, -0.05) is 6.58 Å². The highest BCUT2D eigenvalue weighted by atomic mass is 16.3. The summed E-state index contributed by atoms with van der Waals surface area (Å²) in [4.78, 5) is 2.13. The molecule has 1 heterocycles. The SMILES string of the molecule is C=C(CN)CN(C)Cc1ccc(C)o1. The van der Waals surface area contributed by atoms with Gasteiger partial charge >= 0.3 is 0 Å². The molecule has 0 saturated carbocycles. The Morgan fingerprint density at radius 3 is 2.79 bits per heavy atom. The second-order valence-electron chi connectivity index (χ2n) is 3.64. The zero-order valence-electron chi connectivity index (χ0n) is 8.92. The number of hydrogen-bond acceptors (Lipinski definition) is 3.